The SMILES string of the molecule is CNC(=O)CN(C)c1cccc(NC)n1. The number of anilines is 2. The summed E-state index contributed by atoms with van der Waals surface area (Å²) in [6.45, 7) is 0.302. The molecule has 82 valence electrons. The molecule has 15 heavy (non-hydrogen) atoms. The molecule has 2 N–H and O–H groups in total. The Kier molecular flexibility index (Phi) is 3.91. The van der Waals surface area contributed by atoms with Crippen molar-refractivity contribution in [3.8, 4) is 0 Å². The van der Waals surface area contributed by atoms with Gasteiger partial charge in [-0.15, -0.1) is 0 Å². The van der Waals surface area contributed by atoms with Gasteiger partial charge in [-0.05, 0) is 12.1 Å². The summed E-state index contributed by atoms with van der Waals surface area (Å²) in [6, 6.07) is 5.63. The van der Waals surface area contributed by atoms with Crippen LogP contribution >= 0.6 is 0 Å². The molecule has 1 rings (SSSR count). The normalized spacial score (nSPS) is 9.53. The molecular weight excluding hydrogens is 192 g/mol. The first kappa shape index (κ1) is 11.3. The van der Waals surface area contributed by atoms with Crippen LogP contribution in [0.5, 0.6) is 0 Å². The fourth-order valence-corrected chi connectivity index (χ4v) is 1.15. The van der Waals surface area contributed by atoms with Gasteiger partial charge in [-0.2, -0.15) is 0 Å². The van der Waals surface area contributed by atoms with Crippen LogP contribution in [0.2, 0.25) is 0 Å². The van der Waals surface area contributed by atoms with E-state index in [9.17, 15) is 4.79 Å². The Morgan fingerprint density at radius 2 is 2.20 bits per heavy atom. The second kappa shape index (κ2) is 5.19. The van der Waals surface area contributed by atoms with Gasteiger partial charge in [-0.1, -0.05) is 6.07 Å². The van der Waals surface area contributed by atoms with Crippen LogP contribution in [0.25, 0.3) is 0 Å². The summed E-state index contributed by atoms with van der Waals surface area (Å²) in [6.07, 6.45) is 0. The zero-order valence-electron chi connectivity index (χ0n) is 9.24. The molecule has 1 heterocycles. The quantitative estimate of drug-likeness (QED) is 0.747. The van der Waals surface area contributed by atoms with Crippen molar-refractivity contribution >= 4 is 17.5 Å². The number of pyridine rings is 1. The highest BCUT2D eigenvalue weighted by Crippen LogP contribution is 2.11. The van der Waals surface area contributed by atoms with Gasteiger partial charge in [0.25, 0.3) is 0 Å². The minimum atomic E-state index is -0.0332. The zero-order valence-corrected chi connectivity index (χ0v) is 9.24. The summed E-state index contributed by atoms with van der Waals surface area (Å²) < 4.78 is 0. The Balaban J connectivity index is 2.72. The van der Waals surface area contributed by atoms with Crippen molar-refractivity contribution in [1.82, 2.24) is 10.3 Å². The molecule has 0 saturated heterocycles. The van der Waals surface area contributed by atoms with E-state index in [0.717, 1.165) is 11.6 Å². The molecule has 5 heteroatoms. The van der Waals surface area contributed by atoms with Crippen LogP contribution in [0.3, 0.4) is 0 Å². The van der Waals surface area contributed by atoms with Gasteiger partial charge in [0, 0.05) is 21.1 Å². The monoisotopic (exact) mass is 208 g/mol. The number of likely N-dealkylation sites (N-methyl/N-ethyl adjacent to an activating group) is 2. The molecule has 5 nitrogen and oxygen atoms in total. The van der Waals surface area contributed by atoms with E-state index in [4.69, 9.17) is 0 Å². The average molecular weight is 208 g/mol. The predicted octanol–water partition coefficient (Wildman–Crippen LogP) is 0.305. The van der Waals surface area contributed by atoms with Crippen LogP contribution in [-0.2, 0) is 4.79 Å². The van der Waals surface area contributed by atoms with Crippen LogP contribution < -0.4 is 15.5 Å². The summed E-state index contributed by atoms with van der Waals surface area (Å²) >= 11 is 0. The molecule has 1 aromatic rings. The molecule has 0 fully saturated rings. The Morgan fingerprint density at radius 3 is 2.80 bits per heavy atom. The minimum Gasteiger partial charge on any atom is -0.373 e. The molecule has 0 spiro atoms. The number of carbonyl (C=O) groups excluding carboxylic acids is 1. The van der Waals surface area contributed by atoms with Crippen molar-refractivity contribution < 1.29 is 4.79 Å². The fraction of sp³-hybridized carbons (Fsp3) is 0.400. The smallest absolute Gasteiger partial charge is 0.239 e. The molecule has 0 aliphatic rings. The lowest BCUT2D eigenvalue weighted by Crippen LogP contribution is -2.33. The average Bonchev–Trinajstić information content (AvgIpc) is 2.28. The third-order valence-corrected chi connectivity index (χ3v) is 2.04. The first-order chi connectivity index (χ1) is 7.17. The van der Waals surface area contributed by atoms with Crippen molar-refractivity contribution in [2.45, 2.75) is 0 Å². The number of amides is 1. The van der Waals surface area contributed by atoms with Crippen molar-refractivity contribution in [3.05, 3.63) is 18.2 Å². The first-order valence-corrected chi connectivity index (χ1v) is 4.74. The number of hydrogen-bond acceptors (Lipinski definition) is 4. The predicted molar refractivity (Wildman–Crippen MR) is 61.1 cm³/mol. The van der Waals surface area contributed by atoms with E-state index in [1.54, 1.807) is 11.9 Å². The van der Waals surface area contributed by atoms with Gasteiger partial charge < -0.3 is 15.5 Å². The molecule has 0 radical (unpaired) electrons. The first-order valence-electron chi connectivity index (χ1n) is 4.74. The Morgan fingerprint density at radius 1 is 1.47 bits per heavy atom. The topological polar surface area (TPSA) is 57.3 Å². The van der Waals surface area contributed by atoms with Crippen LogP contribution in [-0.4, -0.2) is 38.6 Å². The molecule has 0 aromatic carbocycles. The Bertz CT molecular complexity index is 340. The van der Waals surface area contributed by atoms with E-state index < -0.39 is 0 Å². The third kappa shape index (κ3) is 3.12. The van der Waals surface area contributed by atoms with Gasteiger partial charge >= 0.3 is 0 Å². The summed E-state index contributed by atoms with van der Waals surface area (Å²) in [5.41, 5.74) is 0. The molecule has 1 amide bonds. The Labute approximate surface area is 89.5 Å². The molecule has 0 unspecified atom stereocenters. The lowest BCUT2D eigenvalue weighted by atomic mass is 10.4. The maximum atomic E-state index is 11.2. The van der Waals surface area contributed by atoms with E-state index in [1.165, 1.54) is 0 Å². The van der Waals surface area contributed by atoms with Gasteiger partial charge in [-0.3, -0.25) is 4.79 Å². The fourth-order valence-electron chi connectivity index (χ4n) is 1.15. The van der Waals surface area contributed by atoms with E-state index in [-0.39, 0.29) is 5.91 Å². The number of hydrogen-bond donors (Lipinski definition) is 2. The summed E-state index contributed by atoms with van der Waals surface area (Å²) in [7, 11) is 5.26. The second-order valence-electron chi connectivity index (χ2n) is 3.16. The number of carbonyl (C=O) groups is 1. The number of nitrogens with zero attached hydrogens (tertiary/aromatic N) is 2. The van der Waals surface area contributed by atoms with Crippen LogP contribution in [0.1, 0.15) is 0 Å². The van der Waals surface area contributed by atoms with Crippen molar-refractivity contribution in [2.75, 3.05) is 37.9 Å². The highest BCUT2D eigenvalue weighted by molar-refractivity contribution is 5.80. The number of rotatable bonds is 4. The molecule has 0 atom stereocenters. The van der Waals surface area contributed by atoms with Crippen LogP contribution in [0.4, 0.5) is 11.6 Å². The summed E-state index contributed by atoms with van der Waals surface area (Å²) in [4.78, 5) is 17.3. The lowest BCUT2D eigenvalue weighted by Gasteiger charge is -2.17. The highest BCUT2D eigenvalue weighted by atomic mass is 16.1. The minimum absolute atomic E-state index is 0.0332. The van der Waals surface area contributed by atoms with Gasteiger partial charge in [-0.25, -0.2) is 4.98 Å². The molecule has 1 aromatic heterocycles. The third-order valence-electron chi connectivity index (χ3n) is 2.04. The summed E-state index contributed by atoms with van der Waals surface area (Å²) in [5, 5.41) is 5.52. The molecule has 0 bridgehead atoms. The van der Waals surface area contributed by atoms with Gasteiger partial charge in [0.15, 0.2) is 0 Å². The van der Waals surface area contributed by atoms with E-state index in [0.29, 0.717) is 6.54 Å². The Hall–Kier alpha value is -1.78. The van der Waals surface area contributed by atoms with E-state index in [1.807, 2.05) is 32.3 Å². The standard InChI is InChI=1S/C10H16N4O/c1-11-8-5-4-6-9(13-8)14(3)7-10(15)12-2/h4-6H,7H2,1-3H3,(H,11,13)(H,12,15). The molecule has 0 aliphatic heterocycles. The van der Waals surface area contributed by atoms with Gasteiger partial charge in [0.05, 0.1) is 6.54 Å². The highest BCUT2D eigenvalue weighted by Gasteiger charge is 2.06. The van der Waals surface area contributed by atoms with Gasteiger partial charge in [0.1, 0.15) is 11.6 Å². The van der Waals surface area contributed by atoms with Crippen molar-refractivity contribution in [3.63, 3.8) is 0 Å². The molecule has 0 saturated carbocycles. The second-order valence-corrected chi connectivity index (χ2v) is 3.16. The maximum Gasteiger partial charge on any atom is 0.239 e. The van der Waals surface area contributed by atoms with Crippen LogP contribution in [0, 0.1) is 0 Å². The number of nitrogens with one attached hydrogen (secondary N) is 2. The molecule has 0 aliphatic carbocycles. The van der Waals surface area contributed by atoms with Crippen molar-refractivity contribution in [2.24, 2.45) is 0 Å². The summed E-state index contributed by atoms with van der Waals surface area (Å²) in [5.74, 6) is 1.52. The largest absolute Gasteiger partial charge is 0.373 e. The number of aromatic nitrogens is 1. The lowest BCUT2D eigenvalue weighted by molar-refractivity contribution is -0.119. The van der Waals surface area contributed by atoms with Crippen molar-refractivity contribution in [1.29, 1.82) is 0 Å². The van der Waals surface area contributed by atoms with E-state index in [2.05, 4.69) is 15.6 Å². The van der Waals surface area contributed by atoms with Crippen LogP contribution in [0.15, 0.2) is 18.2 Å². The van der Waals surface area contributed by atoms with E-state index >= 15 is 0 Å². The van der Waals surface area contributed by atoms with Gasteiger partial charge in [0.2, 0.25) is 5.91 Å². The molecular formula is C10H16N4O. The zero-order chi connectivity index (χ0) is 11.3. The maximum absolute atomic E-state index is 11.2.